The second-order valence-corrected chi connectivity index (χ2v) is 47.8. The van der Waals surface area contributed by atoms with Crippen LogP contribution in [0.15, 0.2) is 134 Å². The highest BCUT2D eigenvalue weighted by Crippen LogP contribution is 2.46. The van der Waals surface area contributed by atoms with Gasteiger partial charge in [-0.25, -0.2) is 0 Å². The van der Waals surface area contributed by atoms with Gasteiger partial charge < -0.3 is 48.7 Å². The number of piperidine rings is 3. The molecule has 1 aromatic heterocycles. The fourth-order valence-corrected chi connectivity index (χ4v) is 29.1. The molecule has 0 radical (unpaired) electrons. The van der Waals surface area contributed by atoms with E-state index in [0.717, 1.165) is 132 Å². The lowest BCUT2D eigenvalue weighted by molar-refractivity contribution is 0.0447. The average Bonchev–Trinajstić information content (AvgIpc) is 0.988. The summed E-state index contributed by atoms with van der Waals surface area (Å²) in [7, 11) is 26.8. The standard InChI is InChI=1S/C11H21N.C11H15N.C11H21N.C11H15N.C11H21N.C11H15N.2C10H19N.C10H13N.2C9H17N.C9H9N.CH4/c2*1-9-7-10-5-3-4-6-11(10)8-12(9)2;2*1-9-11-6-4-3-5-10(11)7-8-12(9)2;2*1-9-7-8-10-5-3-4-6-11(10)12(9)2;1-8-10-6-4-3-5-9(10)7-11(8)2;2*1-8-7-9-5-3-4-6-10(9)11(8)2;1-7-9-5-3-4-8(9)6-10(7)2;1-7-6-8-4-3-5-9(8)10(7)2;1-10-7-6-8-4-2-3-5-9(8)10;/h9-11H,3-8H2,1-2H3;3-6,9H,7-8H2,1-2H3;9-11H,3-8H2,1-2H3;3-6,9H,7-8H2,1-2H3;9-11H,3-8H2,1-2H3;3-6,9H,7-8H2,1-2H3;2*8-10H,3-7H2,1-2H3;3-6,8H,7H2,1-2H3;2*7-9H,3-6H2,1-2H3;2-7H,1H3;1H4. The Morgan fingerprint density at radius 3 is 1.29 bits per heavy atom. The van der Waals surface area contributed by atoms with Gasteiger partial charge in [0.1, 0.15) is 0 Å². The molecular weight excluding hydrogens is 1660 g/mol. The number of fused-ring (bicyclic) bond motifs is 12. The van der Waals surface area contributed by atoms with Crippen molar-refractivity contribution < 1.29 is 0 Å². The maximum Gasteiger partial charge on any atom is 0.0477 e. The van der Waals surface area contributed by atoms with Gasteiger partial charge in [-0.2, -0.15) is 0 Å². The Bertz CT molecular complexity index is 4180. The summed E-state index contributed by atoms with van der Waals surface area (Å²) in [6.45, 7) is 33.5. The first-order valence-electron chi connectivity index (χ1n) is 56.6. The van der Waals surface area contributed by atoms with Crippen molar-refractivity contribution in [2.45, 2.75) is 412 Å². The van der Waals surface area contributed by atoms with Crippen molar-refractivity contribution in [1.82, 2.24) is 48.7 Å². The molecule has 0 amide bonds. The van der Waals surface area contributed by atoms with Crippen LogP contribution in [-0.4, -0.2) is 237 Å². The van der Waals surface area contributed by atoms with Crippen LogP contribution in [0.25, 0.3) is 10.9 Å². The van der Waals surface area contributed by atoms with Gasteiger partial charge in [0.25, 0.3) is 0 Å². The third-order valence-electron chi connectivity index (χ3n) is 39.6. The number of anilines is 2. The zero-order chi connectivity index (χ0) is 96.1. The van der Waals surface area contributed by atoms with E-state index >= 15 is 0 Å². The molecule has 12 nitrogen and oxygen atoms in total. The van der Waals surface area contributed by atoms with E-state index in [4.69, 9.17) is 0 Å². The molecule has 12 heteroatoms. The first kappa shape index (κ1) is 110. The van der Waals surface area contributed by atoms with Gasteiger partial charge in [-0.3, -0.25) is 9.80 Å². The molecule has 0 spiro atoms. The fourth-order valence-electron chi connectivity index (χ4n) is 29.1. The molecule has 7 aliphatic carbocycles. The summed E-state index contributed by atoms with van der Waals surface area (Å²) in [5.74, 6) is 11.5. The minimum atomic E-state index is 0. The molecule has 25 atom stereocenters. The van der Waals surface area contributed by atoms with Crippen molar-refractivity contribution in [2.24, 2.45) is 72.1 Å². The summed E-state index contributed by atoms with van der Waals surface area (Å²) < 4.78 is 2.12. The predicted molar refractivity (Wildman–Crippen MR) is 590 cm³/mol. The number of benzene rings is 5. The van der Waals surface area contributed by atoms with E-state index < -0.39 is 0 Å². The highest BCUT2D eigenvalue weighted by Gasteiger charge is 2.44. The van der Waals surface area contributed by atoms with Crippen LogP contribution in [0.1, 0.15) is 335 Å². The number of likely N-dealkylation sites (tertiary alicyclic amines) is 7. The zero-order valence-electron chi connectivity index (χ0n) is 90.9. The first-order chi connectivity index (χ1) is 65.0. The number of aryl methyl sites for hydroxylation is 2. The third kappa shape index (κ3) is 28.9. The average molecular weight is 1870 g/mol. The number of aromatic nitrogens is 1. The normalized spacial score (nSPS) is 34.8. The van der Waals surface area contributed by atoms with E-state index in [2.05, 4.69) is 353 Å². The molecule has 0 N–H and O–H groups in total. The largest absolute Gasteiger partial charge is 0.372 e. The minimum Gasteiger partial charge on any atom is -0.372 e. The minimum absolute atomic E-state index is 0. The SMILES string of the molecule is C.CC1C2CCCC2CN1C.CC1C2CCCCC2CCN1C.CC1C2CCCCC2CN1C.CC1CC2CCCC2N1C.CC1CC2CCCCC2CN1C.CC1CC2CCCCC2N1C.CC1CCC2CCCCC2N1C.CC1CCc2ccccc2N1C.CC1Cc2ccccc2CN1C.CC1Cc2ccccc2N1C.CC1c2ccccc2CCN1C.Cn1ccc2ccccc21. The van der Waals surface area contributed by atoms with E-state index in [1.54, 1.807) is 0 Å². The Morgan fingerprint density at radius 1 is 0.257 bits per heavy atom. The van der Waals surface area contributed by atoms with Gasteiger partial charge in [-0.15, -0.1) is 0 Å². The Kier molecular flexibility index (Phi) is 43.1. The quantitative estimate of drug-likeness (QED) is 0.146. The van der Waals surface area contributed by atoms with E-state index in [0.29, 0.717) is 24.2 Å². The molecule has 12 heterocycles. The van der Waals surface area contributed by atoms with Gasteiger partial charge in [0.2, 0.25) is 0 Å². The molecule has 18 aliphatic rings. The molecule has 0 bridgehead atoms. The summed E-state index contributed by atoms with van der Waals surface area (Å²) >= 11 is 0. The molecular formula is C124H206N12. The van der Waals surface area contributed by atoms with Gasteiger partial charge in [0.15, 0.2) is 0 Å². The van der Waals surface area contributed by atoms with Crippen molar-refractivity contribution >= 4 is 22.3 Å². The molecule has 5 aromatic carbocycles. The number of hydrogen-bond donors (Lipinski definition) is 0. The fraction of sp³-hybridized carbons (Fsp3) is 0.742. The maximum atomic E-state index is 2.63. The predicted octanol–water partition coefficient (Wildman–Crippen LogP) is 27.3. The molecule has 136 heavy (non-hydrogen) atoms. The highest BCUT2D eigenvalue weighted by molar-refractivity contribution is 5.79. The summed E-state index contributed by atoms with van der Waals surface area (Å²) in [5.41, 5.74) is 13.2. The lowest BCUT2D eigenvalue weighted by Crippen LogP contribution is -2.48. The number of para-hydroxylation sites is 3. The summed E-state index contributed by atoms with van der Waals surface area (Å²) in [6, 6.07) is 56.8. The van der Waals surface area contributed by atoms with Gasteiger partial charge in [0, 0.05) is 162 Å². The van der Waals surface area contributed by atoms with Crippen molar-refractivity contribution in [1.29, 1.82) is 0 Å². The molecule has 11 aliphatic heterocycles. The monoisotopic (exact) mass is 1860 g/mol. The van der Waals surface area contributed by atoms with Crippen LogP contribution in [0.3, 0.4) is 0 Å². The number of rotatable bonds is 0. The van der Waals surface area contributed by atoms with Crippen LogP contribution in [0.2, 0.25) is 0 Å². The van der Waals surface area contributed by atoms with Crippen LogP contribution in [-0.2, 0) is 39.3 Å². The lowest BCUT2D eigenvalue weighted by atomic mass is 9.71. The number of nitrogens with zero attached hydrogens (tertiary/aromatic N) is 12. The van der Waals surface area contributed by atoms with Crippen LogP contribution in [0.5, 0.6) is 0 Å². The van der Waals surface area contributed by atoms with Gasteiger partial charge >= 0.3 is 0 Å². The summed E-state index contributed by atoms with van der Waals surface area (Å²) in [4.78, 5) is 27.5. The topological polar surface area (TPSA) is 40.6 Å². The van der Waals surface area contributed by atoms with E-state index in [1.807, 2.05) is 0 Å². The smallest absolute Gasteiger partial charge is 0.0477 e. The van der Waals surface area contributed by atoms with Gasteiger partial charge in [-0.1, -0.05) is 200 Å². The second-order valence-electron chi connectivity index (χ2n) is 47.8. The van der Waals surface area contributed by atoms with Gasteiger partial charge in [-0.05, 0) is 422 Å². The molecule has 6 aromatic rings. The Hall–Kier alpha value is -5.12. The third-order valence-corrected chi connectivity index (χ3v) is 39.6. The maximum absolute atomic E-state index is 2.63. The van der Waals surface area contributed by atoms with Gasteiger partial charge in [0.05, 0.1) is 0 Å². The number of likely N-dealkylation sites (N-methyl/N-ethyl adjacent to an activating group) is 3. The highest BCUT2D eigenvalue weighted by atomic mass is 15.2. The van der Waals surface area contributed by atoms with E-state index in [1.165, 1.54) is 326 Å². The Balaban J connectivity index is 0.000000133. The first-order valence-corrected chi connectivity index (χ1v) is 56.6. The van der Waals surface area contributed by atoms with Crippen LogP contribution in [0.4, 0.5) is 11.4 Å². The van der Waals surface area contributed by atoms with E-state index in [-0.39, 0.29) is 7.43 Å². The zero-order valence-corrected chi connectivity index (χ0v) is 90.9. The molecule has 24 rings (SSSR count). The molecule has 25 unspecified atom stereocenters. The van der Waals surface area contributed by atoms with Crippen molar-refractivity contribution in [2.75, 3.05) is 120 Å². The second kappa shape index (κ2) is 53.5. The Labute approximate surface area is 837 Å². The molecule has 7 saturated carbocycles. The van der Waals surface area contributed by atoms with Crippen molar-refractivity contribution in [3.05, 3.63) is 167 Å². The van der Waals surface area contributed by atoms with Crippen LogP contribution < -0.4 is 9.80 Å². The summed E-state index contributed by atoms with van der Waals surface area (Å²) in [5, 5.41) is 1.31. The lowest BCUT2D eigenvalue weighted by Gasteiger charge is -2.45. The number of hydrogen-bond acceptors (Lipinski definition) is 11. The summed E-state index contributed by atoms with van der Waals surface area (Å²) in [6.07, 6.45) is 55.7. The van der Waals surface area contributed by atoms with Crippen molar-refractivity contribution in [3.8, 4) is 0 Å². The van der Waals surface area contributed by atoms with Crippen LogP contribution >= 0.6 is 0 Å². The van der Waals surface area contributed by atoms with E-state index in [9.17, 15) is 0 Å². The molecule has 762 valence electrons. The molecule has 14 fully saturated rings. The van der Waals surface area contributed by atoms with Crippen molar-refractivity contribution in [3.63, 3.8) is 0 Å². The van der Waals surface area contributed by atoms with Crippen LogP contribution in [0, 0.1) is 65.1 Å². The molecule has 7 saturated heterocycles. The Morgan fingerprint density at radius 2 is 0.684 bits per heavy atom.